The Balaban J connectivity index is 2.61. The summed E-state index contributed by atoms with van der Waals surface area (Å²) in [6.45, 7) is 0.401. The molecule has 0 amide bonds. The van der Waals surface area contributed by atoms with E-state index in [1.807, 2.05) is 6.07 Å². The number of carbonyl (C=O) groups is 1. The monoisotopic (exact) mass is 251 g/mol. The summed E-state index contributed by atoms with van der Waals surface area (Å²) in [5, 5.41) is 8.77. The third-order valence-corrected chi connectivity index (χ3v) is 2.73. The third kappa shape index (κ3) is 1.40. The van der Waals surface area contributed by atoms with E-state index < -0.39 is 0 Å². The summed E-state index contributed by atoms with van der Waals surface area (Å²) < 4.78 is 5.94. The van der Waals surface area contributed by atoms with Crippen molar-refractivity contribution in [2.75, 3.05) is 6.61 Å². The first-order chi connectivity index (χ1) is 6.72. The molecule has 0 fully saturated rings. The molecule has 0 radical (unpaired) electrons. The van der Waals surface area contributed by atoms with Crippen LogP contribution in [0, 0.1) is 11.3 Å². The molecule has 1 aliphatic heterocycles. The molecular weight excluding hydrogens is 246 g/mol. The van der Waals surface area contributed by atoms with Crippen molar-refractivity contribution in [3.63, 3.8) is 0 Å². The Bertz CT molecular complexity index is 448. The Kier molecular flexibility index (Phi) is 2.26. The number of nitrogens with zero attached hydrogens (tertiary/aromatic N) is 1. The molecule has 0 unspecified atom stereocenters. The molecule has 0 N–H and O–H groups in total. The molecule has 0 aliphatic carbocycles. The van der Waals surface area contributed by atoms with Gasteiger partial charge in [0.15, 0.2) is 5.78 Å². The third-order valence-electron chi connectivity index (χ3n) is 2.08. The predicted molar refractivity (Wildman–Crippen MR) is 53.3 cm³/mol. The largest absolute Gasteiger partial charge is 0.492 e. The second kappa shape index (κ2) is 3.43. The average molecular weight is 252 g/mol. The summed E-state index contributed by atoms with van der Waals surface area (Å²) in [5.74, 6) is 0.581. The van der Waals surface area contributed by atoms with Crippen LogP contribution in [0.15, 0.2) is 16.6 Å². The minimum atomic E-state index is 0.0661. The smallest absolute Gasteiger partial charge is 0.170 e. The second-order valence-corrected chi connectivity index (χ2v) is 3.82. The van der Waals surface area contributed by atoms with Gasteiger partial charge in [0.05, 0.1) is 17.7 Å². The topological polar surface area (TPSA) is 50.1 Å². The summed E-state index contributed by atoms with van der Waals surface area (Å²) >= 11 is 3.23. The molecule has 14 heavy (non-hydrogen) atoms. The normalized spacial score (nSPS) is 14.1. The Morgan fingerprint density at radius 3 is 3.00 bits per heavy atom. The lowest BCUT2D eigenvalue weighted by atomic mass is 10.0. The van der Waals surface area contributed by atoms with Crippen LogP contribution < -0.4 is 4.74 Å². The van der Waals surface area contributed by atoms with Gasteiger partial charge < -0.3 is 4.74 Å². The van der Waals surface area contributed by atoms with E-state index in [1.54, 1.807) is 12.1 Å². The number of halogens is 1. The van der Waals surface area contributed by atoms with Crippen LogP contribution in [0.5, 0.6) is 5.75 Å². The van der Waals surface area contributed by atoms with Gasteiger partial charge >= 0.3 is 0 Å². The van der Waals surface area contributed by atoms with Crippen molar-refractivity contribution in [1.82, 2.24) is 0 Å². The van der Waals surface area contributed by atoms with Crippen molar-refractivity contribution in [3.05, 3.63) is 27.7 Å². The number of ether oxygens (including phenoxy) is 1. The van der Waals surface area contributed by atoms with Gasteiger partial charge in [-0.15, -0.1) is 0 Å². The summed E-state index contributed by atoms with van der Waals surface area (Å²) in [5.41, 5.74) is 1.04. The molecule has 0 saturated carbocycles. The van der Waals surface area contributed by atoms with Crippen LogP contribution in [0.3, 0.4) is 0 Å². The number of benzene rings is 1. The highest BCUT2D eigenvalue weighted by atomic mass is 79.9. The van der Waals surface area contributed by atoms with Crippen LogP contribution >= 0.6 is 15.9 Å². The molecule has 1 aromatic carbocycles. The predicted octanol–water partition coefficient (Wildman–Crippen LogP) is 2.29. The number of Topliss-reactive ketones (excluding diaryl/α,β-unsaturated/α-hetero) is 1. The maximum absolute atomic E-state index is 11.5. The number of carbonyl (C=O) groups excluding carboxylic acids is 1. The molecule has 2 rings (SSSR count). The molecule has 1 aromatic rings. The van der Waals surface area contributed by atoms with Gasteiger partial charge in [-0.1, -0.05) is 0 Å². The van der Waals surface area contributed by atoms with Crippen LogP contribution in [0.4, 0.5) is 0 Å². The molecule has 0 bridgehead atoms. The van der Waals surface area contributed by atoms with E-state index in [9.17, 15) is 4.79 Å². The minimum absolute atomic E-state index is 0.0661. The summed E-state index contributed by atoms with van der Waals surface area (Å²) in [6, 6.07) is 5.26. The van der Waals surface area contributed by atoms with Crippen molar-refractivity contribution in [1.29, 1.82) is 5.26 Å². The highest BCUT2D eigenvalue weighted by Gasteiger charge is 2.20. The van der Waals surface area contributed by atoms with Gasteiger partial charge in [-0.3, -0.25) is 4.79 Å². The van der Waals surface area contributed by atoms with Crippen LogP contribution in [0.2, 0.25) is 0 Å². The van der Waals surface area contributed by atoms with E-state index >= 15 is 0 Å². The van der Waals surface area contributed by atoms with E-state index in [2.05, 4.69) is 15.9 Å². The Morgan fingerprint density at radius 1 is 1.50 bits per heavy atom. The number of fused-ring (bicyclic) bond motifs is 1. The van der Waals surface area contributed by atoms with Crippen LogP contribution in [-0.2, 0) is 0 Å². The van der Waals surface area contributed by atoms with Crippen molar-refractivity contribution in [2.24, 2.45) is 0 Å². The Morgan fingerprint density at radius 2 is 2.29 bits per heavy atom. The zero-order valence-electron chi connectivity index (χ0n) is 7.21. The molecule has 70 valence electrons. The molecule has 0 spiro atoms. The fourth-order valence-electron chi connectivity index (χ4n) is 1.36. The van der Waals surface area contributed by atoms with Crippen LogP contribution in [0.1, 0.15) is 22.3 Å². The standard InChI is InChI=1S/C10H6BrNO2/c11-8-4-7-9(13)1-2-14-10(7)3-6(8)5-12/h3-4H,1-2H2. The van der Waals surface area contributed by atoms with Crippen molar-refractivity contribution in [2.45, 2.75) is 6.42 Å². The SMILES string of the molecule is N#Cc1cc2c(cc1Br)C(=O)CCO2. The zero-order chi connectivity index (χ0) is 10.1. The van der Waals surface area contributed by atoms with Gasteiger partial charge in [-0.25, -0.2) is 0 Å². The number of hydrogen-bond donors (Lipinski definition) is 0. The lowest BCUT2D eigenvalue weighted by Crippen LogP contribution is -2.15. The highest BCUT2D eigenvalue weighted by molar-refractivity contribution is 9.10. The fourth-order valence-corrected chi connectivity index (χ4v) is 1.80. The lowest BCUT2D eigenvalue weighted by molar-refractivity contribution is 0.0933. The van der Waals surface area contributed by atoms with E-state index in [4.69, 9.17) is 10.00 Å². The number of nitriles is 1. The van der Waals surface area contributed by atoms with E-state index in [-0.39, 0.29) is 5.78 Å². The fraction of sp³-hybridized carbons (Fsp3) is 0.200. The van der Waals surface area contributed by atoms with Crippen molar-refractivity contribution in [3.8, 4) is 11.8 Å². The first kappa shape index (κ1) is 9.22. The van der Waals surface area contributed by atoms with E-state index in [0.29, 0.717) is 34.4 Å². The van der Waals surface area contributed by atoms with Gasteiger partial charge in [0.2, 0.25) is 0 Å². The van der Waals surface area contributed by atoms with Crippen molar-refractivity contribution < 1.29 is 9.53 Å². The maximum atomic E-state index is 11.5. The summed E-state index contributed by atoms with van der Waals surface area (Å²) in [6.07, 6.45) is 0.408. The van der Waals surface area contributed by atoms with Gasteiger partial charge in [-0.05, 0) is 28.1 Å². The number of ketones is 1. The van der Waals surface area contributed by atoms with Crippen molar-refractivity contribution >= 4 is 21.7 Å². The van der Waals surface area contributed by atoms with Crippen LogP contribution in [0.25, 0.3) is 0 Å². The first-order valence-corrected chi connectivity index (χ1v) is 4.91. The molecule has 0 aromatic heterocycles. The molecule has 1 aliphatic rings. The van der Waals surface area contributed by atoms with E-state index in [0.717, 1.165) is 0 Å². The lowest BCUT2D eigenvalue weighted by Gasteiger charge is -2.16. The molecule has 3 nitrogen and oxygen atoms in total. The zero-order valence-corrected chi connectivity index (χ0v) is 8.80. The van der Waals surface area contributed by atoms with E-state index in [1.165, 1.54) is 0 Å². The second-order valence-electron chi connectivity index (χ2n) is 2.96. The summed E-state index contributed by atoms with van der Waals surface area (Å²) in [7, 11) is 0. The average Bonchev–Trinajstić information content (AvgIpc) is 2.19. The Hall–Kier alpha value is -1.34. The molecular formula is C10H6BrNO2. The minimum Gasteiger partial charge on any atom is -0.492 e. The van der Waals surface area contributed by atoms with Gasteiger partial charge in [0, 0.05) is 10.9 Å². The maximum Gasteiger partial charge on any atom is 0.170 e. The molecule has 4 heteroatoms. The number of hydrogen-bond acceptors (Lipinski definition) is 3. The molecule has 1 heterocycles. The van der Waals surface area contributed by atoms with Gasteiger partial charge in [-0.2, -0.15) is 5.26 Å². The van der Waals surface area contributed by atoms with Gasteiger partial charge in [0.1, 0.15) is 11.8 Å². The molecule has 0 saturated heterocycles. The Labute approximate surface area is 89.4 Å². The first-order valence-electron chi connectivity index (χ1n) is 4.12. The number of rotatable bonds is 0. The van der Waals surface area contributed by atoms with Gasteiger partial charge in [0.25, 0.3) is 0 Å². The highest BCUT2D eigenvalue weighted by Crippen LogP contribution is 2.30. The van der Waals surface area contributed by atoms with Crippen LogP contribution in [-0.4, -0.2) is 12.4 Å². The quantitative estimate of drug-likeness (QED) is 0.711. The molecule has 0 atom stereocenters. The summed E-state index contributed by atoms with van der Waals surface area (Å²) in [4.78, 5) is 11.5.